The fourth-order valence-electron chi connectivity index (χ4n) is 6.62. The summed E-state index contributed by atoms with van der Waals surface area (Å²) >= 11 is 5.46. The number of benzene rings is 3. The van der Waals surface area contributed by atoms with Crippen LogP contribution in [0, 0.1) is 0 Å². The highest BCUT2D eigenvalue weighted by Crippen LogP contribution is 2.52. The lowest BCUT2D eigenvalue weighted by Gasteiger charge is -2.43. The van der Waals surface area contributed by atoms with Crippen molar-refractivity contribution >= 4 is 40.4 Å². The van der Waals surface area contributed by atoms with Crippen LogP contribution >= 0.6 is 12.2 Å². The molecule has 0 amide bonds. The van der Waals surface area contributed by atoms with Gasteiger partial charge in [-0.1, -0.05) is 30.3 Å². The number of phenolic OH excluding ortho intramolecular Hbond substituents is 2. The van der Waals surface area contributed by atoms with Crippen molar-refractivity contribution < 1.29 is 49.0 Å². The summed E-state index contributed by atoms with van der Waals surface area (Å²) < 4.78 is 17.6. The molecule has 246 valence electrons. The minimum atomic E-state index is -2.04. The molecule has 1 heterocycles. The first-order valence-electron chi connectivity index (χ1n) is 15.1. The second-order valence-corrected chi connectivity index (χ2v) is 12.5. The minimum Gasteiger partial charge on any atom is -0.507 e. The van der Waals surface area contributed by atoms with Gasteiger partial charge < -0.3 is 45.3 Å². The molecule has 0 radical (unpaired) electrons. The largest absolute Gasteiger partial charge is 0.507 e. The lowest BCUT2D eigenvalue weighted by atomic mass is 9.72. The number of rotatable bonds is 6. The van der Waals surface area contributed by atoms with E-state index in [0.29, 0.717) is 0 Å². The highest BCUT2D eigenvalue weighted by molar-refractivity contribution is 7.80. The molecule has 2 aliphatic carbocycles. The first-order chi connectivity index (χ1) is 22.3. The average Bonchev–Trinajstić information content (AvgIpc) is 3.03. The van der Waals surface area contributed by atoms with Crippen LogP contribution in [0.4, 0.5) is 5.69 Å². The smallest absolute Gasteiger partial charge is 0.202 e. The van der Waals surface area contributed by atoms with Gasteiger partial charge in [0.1, 0.15) is 29.0 Å². The molecule has 47 heavy (non-hydrogen) atoms. The first kappa shape index (κ1) is 32.5. The van der Waals surface area contributed by atoms with E-state index in [2.05, 4.69) is 10.6 Å². The molecule has 6 atom stereocenters. The number of anilines is 1. The number of methoxy groups -OCH3 is 1. The van der Waals surface area contributed by atoms with Gasteiger partial charge in [-0.2, -0.15) is 0 Å². The third-order valence-electron chi connectivity index (χ3n) is 9.10. The Balaban J connectivity index is 1.36. The normalized spacial score (nSPS) is 26.4. The van der Waals surface area contributed by atoms with E-state index < -0.39 is 82.6 Å². The summed E-state index contributed by atoms with van der Waals surface area (Å²) in [5.41, 5.74) is -2.43. The molecular weight excluding hydrogens is 628 g/mol. The molecule has 1 fully saturated rings. The summed E-state index contributed by atoms with van der Waals surface area (Å²) in [4.78, 5) is 40.3. The number of aliphatic hydroxyl groups excluding tert-OH is 1. The molecule has 3 aliphatic rings. The van der Waals surface area contributed by atoms with Gasteiger partial charge in [0, 0.05) is 41.6 Å². The Labute approximate surface area is 275 Å². The van der Waals surface area contributed by atoms with Crippen molar-refractivity contribution in [2.24, 2.45) is 0 Å². The molecular formula is C34H34N2O10S. The van der Waals surface area contributed by atoms with Gasteiger partial charge in [-0.25, -0.2) is 0 Å². The van der Waals surface area contributed by atoms with E-state index in [1.807, 2.05) is 30.3 Å². The van der Waals surface area contributed by atoms with Crippen LogP contribution in [0.15, 0.2) is 48.5 Å². The number of ether oxygens (including phenoxy) is 3. The van der Waals surface area contributed by atoms with Crippen LogP contribution in [0.1, 0.15) is 75.8 Å². The van der Waals surface area contributed by atoms with E-state index in [-0.39, 0.29) is 46.0 Å². The van der Waals surface area contributed by atoms with E-state index in [1.165, 1.54) is 32.2 Å². The summed E-state index contributed by atoms with van der Waals surface area (Å²) in [6.45, 7) is 2.82. The molecule has 12 nitrogen and oxygen atoms in total. The van der Waals surface area contributed by atoms with Crippen molar-refractivity contribution in [1.29, 1.82) is 0 Å². The number of aliphatic hydroxyl groups is 2. The molecule has 0 saturated carbocycles. The van der Waals surface area contributed by atoms with Crippen LogP contribution in [0.25, 0.3) is 0 Å². The lowest BCUT2D eigenvalue weighted by molar-refractivity contribution is -0.248. The van der Waals surface area contributed by atoms with Crippen LogP contribution in [0.3, 0.4) is 0 Å². The molecule has 13 heteroatoms. The molecule has 6 rings (SSSR count). The third-order valence-corrected chi connectivity index (χ3v) is 9.32. The summed E-state index contributed by atoms with van der Waals surface area (Å²) in [5.74, 6) is -3.25. The average molecular weight is 663 g/mol. The van der Waals surface area contributed by atoms with Gasteiger partial charge in [0.15, 0.2) is 23.0 Å². The number of carbonyl (C=O) groups excluding carboxylic acids is 3. The van der Waals surface area contributed by atoms with Crippen LogP contribution in [-0.2, 0) is 20.7 Å². The van der Waals surface area contributed by atoms with Gasteiger partial charge in [0.2, 0.25) is 5.78 Å². The fraction of sp³-hybridized carbons (Fsp3) is 0.353. The Hall–Kier alpha value is -4.40. The second kappa shape index (κ2) is 12.3. The van der Waals surface area contributed by atoms with Crippen molar-refractivity contribution in [3.63, 3.8) is 0 Å². The topological polar surface area (TPSA) is 184 Å². The van der Waals surface area contributed by atoms with E-state index >= 15 is 0 Å². The van der Waals surface area contributed by atoms with Crippen molar-refractivity contribution in [1.82, 2.24) is 5.32 Å². The number of para-hydroxylation sites is 1. The maximum atomic E-state index is 13.9. The Kier molecular flexibility index (Phi) is 8.53. The van der Waals surface area contributed by atoms with Crippen LogP contribution < -0.4 is 15.4 Å². The van der Waals surface area contributed by atoms with E-state index in [0.717, 1.165) is 5.69 Å². The van der Waals surface area contributed by atoms with E-state index in [1.54, 1.807) is 6.92 Å². The summed E-state index contributed by atoms with van der Waals surface area (Å²) in [7, 11) is 1.34. The maximum Gasteiger partial charge on any atom is 0.202 e. The zero-order valence-corrected chi connectivity index (χ0v) is 26.6. The monoisotopic (exact) mass is 662 g/mol. The molecule has 0 aromatic heterocycles. The van der Waals surface area contributed by atoms with Crippen molar-refractivity contribution in [3.05, 3.63) is 81.9 Å². The zero-order valence-electron chi connectivity index (χ0n) is 25.8. The third kappa shape index (κ3) is 5.63. The molecule has 3 aromatic rings. The van der Waals surface area contributed by atoms with Crippen LogP contribution in [-0.4, -0.2) is 80.1 Å². The number of aromatic hydroxyl groups is 2. The number of Topliss-reactive ketones (excluding diaryl/α,β-unsaturated/α-hetero) is 1. The summed E-state index contributed by atoms with van der Waals surface area (Å²) in [5, 5.41) is 52.0. The molecule has 3 aromatic carbocycles. The summed E-state index contributed by atoms with van der Waals surface area (Å²) in [6, 6.07) is 13.0. The molecule has 1 saturated heterocycles. The van der Waals surface area contributed by atoms with Crippen molar-refractivity contribution in [3.8, 4) is 17.2 Å². The maximum absolute atomic E-state index is 13.9. The van der Waals surface area contributed by atoms with Gasteiger partial charge in [0.25, 0.3) is 0 Å². The Bertz CT molecular complexity index is 1800. The number of fused-ring (bicyclic) bond motifs is 3. The molecule has 6 N–H and O–H groups in total. The molecule has 0 spiro atoms. The second-order valence-electron chi connectivity index (χ2n) is 12.0. The molecule has 0 bridgehead atoms. The zero-order chi connectivity index (χ0) is 33.8. The van der Waals surface area contributed by atoms with Crippen molar-refractivity contribution in [2.45, 2.75) is 69.4 Å². The number of hydrogen-bond acceptors (Lipinski definition) is 11. The standard InChI is InChI=1S/C34H34N2O10S/c1-15-28(38)20(36-33(47)35-17-8-5-4-6-9-17)12-23(45-15)46-22-14-34(43,16(2)37)13-19-25(22)32(42)27-26(30(19)40)29(39)18-10-7-11-21(44-3)24(18)31(27)41/h4-11,15,20,22-23,28,38,40,42-43H,12-14H2,1-3H3,(H2,35,36,47)/t15?,20?,22-,23?,28?,34-/m0/s1. The molecule has 4 unspecified atom stereocenters. The number of nitrogens with one attached hydrogen (secondary N) is 2. The number of phenols is 2. The van der Waals surface area contributed by atoms with Crippen LogP contribution in [0.5, 0.6) is 17.2 Å². The van der Waals surface area contributed by atoms with Gasteiger partial charge in [-0.15, -0.1) is 0 Å². The Morgan fingerprint density at radius 3 is 2.40 bits per heavy atom. The summed E-state index contributed by atoms with van der Waals surface area (Å²) in [6.07, 6.45) is -4.85. The van der Waals surface area contributed by atoms with E-state index in [9.17, 15) is 34.8 Å². The highest BCUT2D eigenvalue weighted by atomic mass is 32.1. The van der Waals surface area contributed by atoms with Crippen molar-refractivity contribution in [2.75, 3.05) is 12.4 Å². The Morgan fingerprint density at radius 1 is 1.02 bits per heavy atom. The van der Waals surface area contributed by atoms with Gasteiger partial charge in [0.05, 0.1) is 42.0 Å². The van der Waals surface area contributed by atoms with Gasteiger partial charge in [-0.3, -0.25) is 14.4 Å². The Morgan fingerprint density at radius 2 is 1.72 bits per heavy atom. The predicted octanol–water partition coefficient (Wildman–Crippen LogP) is 3.06. The highest BCUT2D eigenvalue weighted by Gasteiger charge is 2.49. The first-order valence-corrected chi connectivity index (χ1v) is 15.5. The van der Waals surface area contributed by atoms with E-state index in [4.69, 9.17) is 26.4 Å². The molecule has 1 aliphatic heterocycles. The minimum absolute atomic E-state index is 0.0247. The van der Waals surface area contributed by atoms with Crippen LogP contribution in [0.2, 0.25) is 0 Å². The lowest BCUT2D eigenvalue weighted by Crippen LogP contribution is -2.56. The SMILES string of the molecule is COc1cccc2c1C(=O)c1c(O)c3c(c(O)c1C2=O)C[C@@](O)(C(C)=O)C[C@@H]3OC1CC(NC(=S)Nc2ccccc2)C(O)C(C)O1. The predicted molar refractivity (Wildman–Crippen MR) is 172 cm³/mol. The quantitative estimate of drug-likeness (QED) is 0.131. The fourth-order valence-corrected chi connectivity index (χ4v) is 6.89. The van der Waals surface area contributed by atoms with Gasteiger partial charge >= 0.3 is 0 Å². The number of carbonyl (C=O) groups is 3. The number of hydrogen-bond donors (Lipinski definition) is 6. The number of ketones is 3. The number of thiocarbonyl (C=S) groups is 1. The van der Waals surface area contributed by atoms with Gasteiger partial charge in [-0.05, 0) is 44.3 Å².